The summed E-state index contributed by atoms with van der Waals surface area (Å²) in [5, 5.41) is 19.3. The van der Waals surface area contributed by atoms with Crippen molar-refractivity contribution in [3.05, 3.63) is 83.6 Å². The lowest BCUT2D eigenvalue weighted by Gasteiger charge is -2.28. The third-order valence-electron chi connectivity index (χ3n) is 11.9. The Morgan fingerprint density at radius 1 is 0.719 bits per heavy atom. The monoisotopic (exact) mass is 784 g/mol. The molecule has 2 aromatic carbocycles. The normalized spacial score (nSPS) is 15.3. The zero-order chi connectivity index (χ0) is 40.9. The molecule has 0 spiro atoms. The lowest BCUT2D eigenvalue weighted by atomic mass is 9.70. The first-order valence-electron chi connectivity index (χ1n) is 22.0. The Morgan fingerprint density at radius 2 is 1.28 bits per heavy atom. The number of aliphatic carboxylic acids is 2. The Hall–Kier alpha value is -4.33. The van der Waals surface area contributed by atoms with Crippen molar-refractivity contribution in [2.45, 2.75) is 154 Å². The predicted molar refractivity (Wildman–Crippen MR) is 234 cm³/mol. The predicted octanol–water partition coefficient (Wildman–Crippen LogP) is 12.1. The number of nitrogens with zero attached hydrogens (tertiary/aromatic N) is 2. The molecule has 2 aromatic rings. The molecule has 2 heterocycles. The number of rotatable bonds is 29. The minimum absolute atomic E-state index is 0.0437. The molecule has 0 bridgehead atoms. The van der Waals surface area contributed by atoms with Gasteiger partial charge < -0.3 is 24.6 Å². The van der Waals surface area contributed by atoms with Crippen LogP contribution < -0.4 is 14.4 Å². The van der Waals surface area contributed by atoms with Crippen molar-refractivity contribution in [3.8, 4) is 11.5 Å². The van der Waals surface area contributed by atoms with Crippen LogP contribution >= 0.6 is 0 Å². The van der Waals surface area contributed by atoms with Gasteiger partial charge in [-0.2, -0.15) is 4.58 Å². The van der Waals surface area contributed by atoms with E-state index < -0.39 is 11.9 Å². The van der Waals surface area contributed by atoms with Crippen LogP contribution in [0, 0.1) is 0 Å². The van der Waals surface area contributed by atoms with E-state index in [1.165, 1.54) is 101 Å². The summed E-state index contributed by atoms with van der Waals surface area (Å²) in [6.45, 7) is 5.32. The summed E-state index contributed by atoms with van der Waals surface area (Å²) < 4.78 is 13.6. The largest absolute Gasteiger partial charge is 0.497 e. The van der Waals surface area contributed by atoms with Gasteiger partial charge in [-0.05, 0) is 54.8 Å². The first-order chi connectivity index (χ1) is 27.8. The van der Waals surface area contributed by atoms with Crippen LogP contribution in [0.2, 0.25) is 0 Å². The molecule has 4 rings (SSSR count). The van der Waals surface area contributed by atoms with Gasteiger partial charge in [-0.15, -0.1) is 0 Å². The van der Waals surface area contributed by atoms with Crippen LogP contribution in [-0.2, 0) is 21.4 Å². The fourth-order valence-electron chi connectivity index (χ4n) is 8.79. The van der Waals surface area contributed by atoms with E-state index in [0.29, 0.717) is 19.5 Å². The van der Waals surface area contributed by atoms with Gasteiger partial charge in [0, 0.05) is 42.1 Å². The Morgan fingerprint density at radius 3 is 1.86 bits per heavy atom. The van der Waals surface area contributed by atoms with Crippen LogP contribution in [0.4, 0.5) is 11.4 Å². The van der Waals surface area contributed by atoms with Crippen molar-refractivity contribution >= 4 is 29.0 Å². The minimum atomic E-state index is -0.822. The molecule has 0 saturated heterocycles. The van der Waals surface area contributed by atoms with Gasteiger partial charge in [-0.25, -0.2) is 0 Å². The van der Waals surface area contributed by atoms with E-state index >= 15 is 0 Å². The van der Waals surface area contributed by atoms with Gasteiger partial charge in [0.25, 0.3) is 0 Å². The molecule has 0 fully saturated rings. The average Bonchev–Trinajstić information content (AvgIpc) is 3.68. The highest BCUT2D eigenvalue weighted by Gasteiger charge is 2.50. The van der Waals surface area contributed by atoms with Crippen molar-refractivity contribution in [1.29, 1.82) is 0 Å². The molecule has 0 unspecified atom stereocenters. The fraction of sp³-hybridized carbons (Fsp3) is 0.571. The molecule has 0 radical (unpaired) electrons. The maximum absolute atomic E-state index is 12.0. The quantitative estimate of drug-likeness (QED) is 0.0481. The van der Waals surface area contributed by atoms with Crippen molar-refractivity contribution in [3.63, 3.8) is 0 Å². The highest BCUT2D eigenvalue weighted by Crippen LogP contribution is 2.48. The first kappa shape index (κ1) is 45.4. The van der Waals surface area contributed by atoms with Gasteiger partial charge in [-0.3, -0.25) is 9.59 Å². The third-order valence-corrected chi connectivity index (χ3v) is 11.9. The number of hydrogen-bond acceptors (Lipinski definition) is 5. The molecule has 2 aliphatic heterocycles. The number of anilines is 1. The SMILES string of the molecule is CCCCCCCCCCC1(CCCCCCCCCC)C(C=CC=CC=C2Cc3cc(OC)ccc3N2CCC(=O)O)=[N+](CCC(=O)O)c2ccc(OC)cc21. The smallest absolute Gasteiger partial charge is 0.309 e. The Labute approximate surface area is 343 Å². The Balaban J connectivity index is 1.66. The number of carboxylic acid groups (broad SMARTS) is 2. The van der Waals surface area contributed by atoms with Crippen molar-refractivity contribution in [2.24, 2.45) is 0 Å². The summed E-state index contributed by atoms with van der Waals surface area (Å²) in [7, 11) is 3.38. The lowest BCUT2D eigenvalue weighted by Crippen LogP contribution is -2.35. The highest BCUT2D eigenvalue weighted by atomic mass is 16.5. The molecule has 8 nitrogen and oxygen atoms in total. The molecule has 2 N–H and O–H groups in total. The number of benzene rings is 2. The van der Waals surface area contributed by atoms with E-state index in [-0.39, 0.29) is 18.3 Å². The maximum Gasteiger partial charge on any atom is 0.309 e. The van der Waals surface area contributed by atoms with E-state index in [4.69, 9.17) is 9.47 Å². The minimum Gasteiger partial charge on any atom is -0.497 e. The second-order valence-electron chi connectivity index (χ2n) is 16.0. The average molecular weight is 784 g/mol. The molecular formula is C49H71N2O6+. The van der Waals surface area contributed by atoms with Crippen molar-refractivity contribution < 1.29 is 33.9 Å². The van der Waals surface area contributed by atoms with Crippen LogP contribution in [0.5, 0.6) is 11.5 Å². The van der Waals surface area contributed by atoms with E-state index in [9.17, 15) is 19.8 Å². The molecule has 312 valence electrons. The maximum atomic E-state index is 12.0. The highest BCUT2D eigenvalue weighted by molar-refractivity contribution is 6.04. The lowest BCUT2D eigenvalue weighted by molar-refractivity contribution is -0.436. The van der Waals surface area contributed by atoms with E-state index in [0.717, 1.165) is 59.8 Å². The summed E-state index contributed by atoms with van der Waals surface area (Å²) in [5.74, 6) is -0.000599. The Bertz CT molecular complexity index is 1690. The third kappa shape index (κ3) is 13.4. The number of unbranched alkanes of at least 4 members (excludes halogenated alkanes) is 14. The molecule has 0 atom stereocenters. The molecule has 0 aromatic heterocycles. The van der Waals surface area contributed by atoms with Gasteiger partial charge in [0.2, 0.25) is 5.69 Å². The number of ether oxygens (including phenoxy) is 2. The zero-order valence-electron chi connectivity index (χ0n) is 35.5. The standard InChI is InChI=1S/C49H70N2O6/c1-5-7-9-11-13-15-17-22-32-49(33-23-18-16-14-12-10-8-6-2)43-38-42(57-4)27-29-45(43)51(35-31-48(54)55)46(49)25-21-19-20-24-40-36-39-37-41(56-3)26-28-44(39)50(40)34-30-47(52)53/h19-21,24-29,37-38H,5-18,22-23,30-36H2,1-4H3,(H-,52,53,54,55)/p+1. The number of carbonyl (C=O) groups is 2. The summed E-state index contributed by atoms with van der Waals surface area (Å²) in [4.78, 5) is 25.7. The van der Waals surface area contributed by atoms with Gasteiger partial charge >= 0.3 is 11.9 Å². The van der Waals surface area contributed by atoms with Gasteiger partial charge in [0.05, 0.1) is 26.1 Å². The number of allylic oxidation sites excluding steroid dienone is 6. The van der Waals surface area contributed by atoms with E-state index in [1.807, 2.05) is 30.3 Å². The van der Waals surface area contributed by atoms with Crippen LogP contribution in [0.15, 0.2) is 72.5 Å². The van der Waals surface area contributed by atoms with E-state index in [2.05, 4.69) is 59.8 Å². The molecule has 57 heavy (non-hydrogen) atoms. The molecule has 8 heteroatoms. The fourth-order valence-corrected chi connectivity index (χ4v) is 8.79. The summed E-state index contributed by atoms with van der Waals surface area (Å²) in [6, 6.07) is 12.3. The van der Waals surface area contributed by atoms with Crippen LogP contribution in [0.3, 0.4) is 0 Å². The summed E-state index contributed by atoms with van der Waals surface area (Å²) in [5.41, 5.74) is 6.45. The molecule has 2 aliphatic rings. The molecular weight excluding hydrogens is 713 g/mol. The molecule has 0 aliphatic carbocycles. The van der Waals surface area contributed by atoms with Gasteiger partial charge in [0.1, 0.15) is 17.9 Å². The van der Waals surface area contributed by atoms with Crippen LogP contribution in [0.25, 0.3) is 0 Å². The second kappa shape index (κ2) is 24.4. The first-order valence-corrected chi connectivity index (χ1v) is 22.0. The number of carboxylic acids is 2. The zero-order valence-corrected chi connectivity index (χ0v) is 35.5. The number of fused-ring (bicyclic) bond motifs is 2. The number of methoxy groups -OCH3 is 2. The van der Waals surface area contributed by atoms with Gasteiger partial charge in [-0.1, -0.05) is 135 Å². The second-order valence-corrected chi connectivity index (χ2v) is 16.0. The van der Waals surface area contributed by atoms with E-state index in [1.54, 1.807) is 14.2 Å². The number of hydrogen-bond donors (Lipinski definition) is 2. The Kier molecular flexibility index (Phi) is 19.5. The van der Waals surface area contributed by atoms with Crippen molar-refractivity contribution in [1.82, 2.24) is 0 Å². The molecule has 0 amide bonds. The van der Waals surface area contributed by atoms with Gasteiger partial charge in [0.15, 0.2) is 12.3 Å². The van der Waals surface area contributed by atoms with Crippen LogP contribution in [0.1, 0.15) is 153 Å². The van der Waals surface area contributed by atoms with Crippen LogP contribution in [-0.4, -0.2) is 59.7 Å². The summed E-state index contributed by atoms with van der Waals surface area (Å²) >= 11 is 0. The summed E-state index contributed by atoms with van der Waals surface area (Å²) in [6.07, 6.45) is 33.4. The molecule has 0 saturated carbocycles. The topological polar surface area (TPSA) is 99.3 Å². The van der Waals surface area contributed by atoms with Crippen molar-refractivity contribution in [2.75, 3.05) is 32.2 Å².